The highest BCUT2D eigenvalue weighted by Crippen LogP contribution is 2.30. The van der Waals surface area contributed by atoms with Crippen molar-refractivity contribution in [2.45, 2.75) is 46.0 Å². The Morgan fingerprint density at radius 2 is 2.05 bits per heavy atom. The molecule has 1 fully saturated rings. The molecule has 5 nitrogen and oxygen atoms in total. The van der Waals surface area contributed by atoms with Gasteiger partial charge in [0.05, 0.1) is 5.69 Å². The van der Waals surface area contributed by atoms with Crippen molar-refractivity contribution in [1.29, 1.82) is 0 Å². The highest BCUT2D eigenvalue weighted by atomic mass is 16.1. The summed E-state index contributed by atoms with van der Waals surface area (Å²) in [6, 6.07) is 1.81. The van der Waals surface area contributed by atoms with E-state index in [9.17, 15) is 4.79 Å². The van der Waals surface area contributed by atoms with Crippen LogP contribution in [0.25, 0.3) is 5.65 Å². The number of hydrogen-bond donors (Lipinski definition) is 1. The summed E-state index contributed by atoms with van der Waals surface area (Å²) in [5, 5.41) is 7.43. The summed E-state index contributed by atoms with van der Waals surface area (Å²) in [5.41, 5.74) is 1.96. The van der Waals surface area contributed by atoms with E-state index in [1.54, 1.807) is 10.7 Å². The van der Waals surface area contributed by atoms with Gasteiger partial charge in [-0.3, -0.25) is 4.79 Å². The zero-order valence-electron chi connectivity index (χ0n) is 13.4. The average molecular weight is 300 g/mol. The maximum absolute atomic E-state index is 12.5. The lowest BCUT2D eigenvalue weighted by molar-refractivity contribution is 0.0942. The smallest absolute Gasteiger partial charge is 0.257 e. The molecule has 0 unspecified atom stereocenters. The second-order valence-electron chi connectivity index (χ2n) is 6.35. The number of aromatic nitrogens is 3. The molecule has 3 rings (SSSR count). The number of carbonyl (C=O) groups excluding carboxylic acids is 1. The normalized spacial score (nSPS) is 21.9. The van der Waals surface area contributed by atoms with Crippen molar-refractivity contribution in [3.05, 3.63) is 29.7 Å². The molecule has 0 aromatic carbocycles. The molecule has 2 heterocycles. The Bertz CT molecular complexity index is 656. The van der Waals surface area contributed by atoms with Crippen molar-refractivity contribution >= 4 is 11.6 Å². The van der Waals surface area contributed by atoms with Gasteiger partial charge in [0.2, 0.25) is 0 Å². The van der Waals surface area contributed by atoms with Gasteiger partial charge in [-0.2, -0.15) is 5.10 Å². The van der Waals surface area contributed by atoms with Gasteiger partial charge in [0.25, 0.3) is 5.91 Å². The third-order valence-electron chi connectivity index (χ3n) is 4.89. The largest absolute Gasteiger partial charge is 0.352 e. The van der Waals surface area contributed by atoms with Gasteiger partial charge in [-0.15, -0.1) is 0 Å². The SMILES string of the molecule is CCC1CCC(CNC(=O)c2c(C)nn3cccnc23)CC1. The van der Waals surface area contributed by atoms with Crippen molar-refractivity contribution in [2.24, 2.45) is 11.8 Å². The number of fused-ring (bicyclic) bond motifs is 1. The number of nitrogens with zero attached hydrogens (tertiary/aromatic N) is 3. The predicted molar refractivity (Wildman–Crippen MR) is 85.8 cm³/mol. The van der Waals surface area contributed by atoms with Crippen molar-refractivity contribution in [2.75, 3.05) is 6.54 Å². The summed E-state index contributed by atoms with van der Waals surface area (Å²) in [6.45, 7) is 4.89. The summed E-state index contributed by atoms with van der Waals surface area (Å²) in [7, 11) is 0. The van der Waals surface area contributed by atoms with E-state index >= 15 is 0 Å². The first kappa shape index (κ1) is 15.0. The zero-order chi connectivity index (χ0) is 15.5. The topological polar surface area (TPSA) is 59.3 Å². The van der Waals surface area contributed by atoms with Crippen LogP contribution in [0.4, 0.5) is 0 Å². The minimum Gasteiger partial charge on any atom is -0.352 e. The summed E-state index contributed by atoms with van der Waals surface area (Å²) >= 11 is 0. The molecule has 0 radical (unpaired) electrons. The van der Waals surface area contributed by atoms with E-state index < -0.39 is 0 Å². The molecule has 118 valence electrons. The number of carbonyl (C=O) groups is 1. The first-order valence-electron chi connectivity index (χ1n) is 8.27. The van der Waals surface area contributed by atoms with Crippen molar-refractivity contribution in [1.82, 2.24) is 19.9 Å². The highest BCUT2D eigenvalue weighted by Gasteiger charge is 2.22. The third kappa shape index (κ3) is 2.98. The molecule has 1 saturated carbocycles. The van der Waals surface area contributed by atoms with Gasteiger partial charge < -0.3 is 5.32 Å². The van der Waals surface area contributed by atoms with Crippen LogP contribution < -0.4 is 5.32 Å². The van der Waals surface area contributed by atoms with Crippen LogP contribution in [-0.4, -0.2) is 27.0 Å². The quantitative estimate of drug-likeness (QED) is 0.944. The summed E-state index contributed by atoms with van der Waals surface area (Å²) in [4.78, 5) is 16.8. The van der Waals surface area contributed by atoms with Gasteiger partial charge in [-0.25, -0.2) is 9.50 Å². The first-order valence-corrected chi connectivity index (χ1v) is 8.27. The lowest BCUT2D eigenvalue weighted by Crippen LogP contribution is -2.31. The number of amides is 1. The minimum atomic E-state index is -0.0520. The van der Waals surface area contributed by atoms with Crippen LogP contribution in [0.3, 0.4) is 0 Å². The molecule has 22 heavy (non-hydrogen) atoms. The molecule has 5 heteroatoms. The maximum Gasteiger partial charge on any atom is 0.257 e. The number of aryl methyl sites for hydroxylation is 1. The third-order valence-corrected chi connectivity index (χ3v) is 4.89. The van der Waals surface area contributed by atoms with E-state index in [1.807, 2.05) is 19.2 Å². The van der Waals surface area contributed by atoms with Crippen molar-refractivity contribution in [3.63, 3.8) is 0 Å². The Balaban J connectivity index is 1.63. The molecule has 2 aromatic heterocycles. The van der Waals surface area contributed by atoms with Crippen molar-refractivity contribution < 1.29 is 4.79 Å². The summed E-state index contributed by atoms with van der Waals surface area (Å²) in [6.07, 6.45) is 9.85. The molecule has 1 aliphatic carbocycles. The fraction of sp³-hybridized carbons (Fsp3) is 0.588. The predicted octanol–water partition coefficient (Wildman–Crippen LogP) is 2.98. The molecule has 0 saturated heterocycles. The molecule has 0 aliphatic heterocycles. The second kappa shape index (κ2) is 6.46. The van der Waals surface area contributed by atoms with E-state index in [2.05, 4.69) is 22.3 Å². The monoisotopic (exact) mass is 300 g/mol. The van der Waals surface area contributed by atoms with Gasteiger partial charge in [0, 0.05) is 18.9 Å². The lowest BCUT2D eigenvalue weighted by Gasteiger charge is -2.27. The van der Waals surface area contributed by atoms with Crippen LogP contribution in [-0.2, 0) is 0 Å². The first-order chi connectivity index (χ1) is 10.7. The van der Waals surface area contributed by atoms with E-state index in [4.69, 9.17) is 0 Å². The van der Waals surface area contributed by atoms with E-state index in [-0.39, 0.29) is 5.91 Å². The lowest BCUT2D eigenvalue weighted by atomic mass is 9.81. The van der Waals surface area contributed by atoms with Crippen LogP contribution in [0.15, 0.2) is 18.5 Å². The van der Waals surface area contributed by atoms with Crippen LogP contribution >= 0.6 is 0 Å². The van der Waals surface area contributed by atoms with E-state index in [0.717, 1.165) is 18.2 Å². The summed E-state index contributed by atoms with van der Waals surface area (Å²) in [5.74, 6) is 1.45. The fourth-order valence-corrected chi connectivity index (χ4v) is 3.43. The van der Waals surface area contributed by atoms with E-state index in [1.165, 1.54) is 32.1 Å². The molecule has 0 atom stereocenters. The number of rotatable bonds is 4. The molecular formula is C17H24N4O. The van der Waals surface area contributed by atoms with Gasteiger partial charge >= 0.3 is 0 Å². The Morgan fingerprint density at radius 1 is 1.32 bits per heavy atom. The Kier molecular flexibility index (Phi) is 4.41. The second-order valence-corrected chi connectivity index (χ2v) is 6.35. The molecule has 2 aromatic rings. The molecule has 1 N–H and O–H groups in total. The number of nitrogens with one attached hydrogen (secondary N) is 1. The average Bonchev–Trinajstić information content (AvgIpc) is 2.89. The van der Waals surface area contributed by atoms with Crippen LogP contribution in [0.1, 0.15) is 55.1 Å². The van der Waals surface area contributed by atoms with Crippen molar-refractivity contribution in [3.8, 4) is 0 Å². The van der Waals surface area contributed by atoms with Crippen LogP contribution in [0.2, 0.25) is 0 Å². The standard InChI is InChI=1S/C17H24N4O/c1-3-13-5-7-14(8-6-13)11-19-17(22)15-12(2)20-21-10-4-9-18-16(15)21/h4,9-10,13-14H,3,5-8,11H2,1-2H3,(H,19,22). The molecular weight excluding hydrogens is 276 g/mol. The van der Waals surface area contributed by atoms with E-state index in [0.29, 0.717) is 17.1 Å². The molecule has 0 bridgehead atoms. The van der Waals surface area contributed by atoms with Crippen LogP contribution in [0.5, 0.6) is 0 Å². The number of hydrogen-bond acceptors (Lipinski definition) is 3. The molecule has 1 aliphatic rings. The van der Waals surface area contributed by atoms with Gasteiger partial charge in [-0.05, 0) is 37.7 Å². The minimum absolute atomic E-state index is 0.0520. The summed E-state index contributed by atoms with van der Waals surface area (Å²) < 4.78 is 1.66. The van der Waals surface area contributed by atoms with Gasteiger partial charge in [0.1, 0.15) is 5.56 Å². The maximum atomic E-state index is 12.5. The Hall–Kier alpha value is -1.91. The van der Waals surface area contributed by atoms with Gasteiger partial charge in [0.15, 0.2) is 5.65 Å². The van der Waals surface area contributed by atoms with Crippen LogP contribution in [0, 0.1) is 18.8 Å². The molecule has 1 amide bonds. The van der Waals surface area contributed by atoms with Gasteiger partial charge in [-0.1, -0.05) is 26.2 Å². The molecule has 0 spiro atoms. The Labute approximate surface area is 131 Å². The fourth-order valence-electron chi connectivity index (χ4n) is 3.43. The zero-order valence-corrected chi connectivity index (χ0v) is 13.4. The highest BCUT2D eigenvalue weighted by molar-refractivity contribution is 6.00. The Morgan fingerprint density at radius 3 is 2.77 bits per heavy atom.